The first kappa shape index (κ1) is 17.8. The van der Waals surface area contributed by atoms with E-state index in [4.69, 9.17) is 16.3 Å². The van der Waals surface area contributed by atoms with Crippen LogP contribution in [-0.4, -0.2) is 18.1 Å². The normalized spacial score (nSPS) is 10.5. The van der Waals surface area contributed by atoms with Gasteiger partial charge in [-0.15, -0.1) is 0 Å². The lowest BCUT2D eigenvalue weighted by atomic mass is 10.1. The molecule has 2 rings (SSSR count). The third-order valence-corrected chi connectivity index (χ3v) is 3.42. The Morgan fingerprint density at radius 1 is 1.21 bits per heavy atom. The van der Waals surface area contributed by atoms with E-state index in [1.807, 2.05) is 0 Å². The van der Waals surface area contributed by atoms with Gasteiger partial charge in [0, 0.05) is 5.02 Å². The van der Waals surface area contributed by atoms with Crippen molar-refractivity contribution in [1.82, 2.24) is 5.32 Å². The van der Waals surface area contributed by atoms with E-state index in [1.165, 1.54) is 6.07 Å². The number of ether oxygens (including phenoxy) is 1. The third-order valence-electron chi connectivity index (χ3n) is 3.17. The fraction of sp³-hybridized carbons (Fsp3) is 0.211. The summed E-state index contributed by atoms with van der Waals surface area (Å²) in [5.74, 6) is 5.24. The molecule has 0 spiro atoms. The van der Waals surface area contributed by atoms with Crippen LogP contribution in [0.3, 0.4) is 0 Å². The smallest absolute Gasteiger partial charge is 0.264 e. The lowest BCUT2D eigenvalue weighted by Crippen LogP contribution is -2.46. The van der Waals surface area contributed by atoms with Crippen molar-refractivity contribution < 1.29 is 13.9 Å². The van der Waals surface area contributed by atoms with Crippen molar-refractivity contribution in [2.45, 2.75) is 19.4 Å². The fourth-order valence-electron chi connectivity index (χ4n) is 1.88. The summed E-state index contributed by atoms with van der Waals surface area (Å²) in [7, 11) is 0. The second kappa shape index (κ2) is 7.85. The maximum absolute atomic E-state index is 13.4. The molecule has 2 aromatic carbocycles. The van der Waals surface area contributed by atoms with E-state index in [1.54, 1.807) is 56.3 Å². The van der Waals surface area contributed by atoms with E-state index in [0.29, 0.717) is 16.3 Å². The van der Waals surface area contributed by atoms with Crippen LogP contribution in [0.4, 0.5) is 4.39 Å². The average Bonchev–Trinajstić information content (AvgIpc) is 2.55. The summed E-state index contributed by atoms with van der Waals surface area (Å²) >= 11 is 5.81. The number of hydrogen-bond donors (Lipinski definition) is 1. The summed E-state index contributed by atoms with van der Waals surface area (Å²) in [4.78, 5) is 12.2. The van der Waals surface area contributed by atoms with E-state index in [9.17, 15) is 9.18 Å². The average molecular weight is 346 g/mol. The Bertz CT molecular complexity index is 776. The minimum Gasteiger partial charge on any atom is -0.478 e. The van der Waals surface area contributed by atoms with Gasteiger partial charge in [0.2, 0.25) is 0 Å². The first-order chi connectivity index (χ1) is 11.4. The molecule has 5 heteroatoms. The molecular weight excluding hydrogens is 329 g/mol. The Balaban J connectivity index is 1.91. The standard InChI is InChI=1S/C19H17ClFNO2/c1-19(2,24-16-11-9-15(20)10-12-16)18(23)22-13-5-7-14-6-3-4-8-17(14)21/h3-4,6,8-12H,13H2,1-2H3,(H,22,23). The number of carbonyl (C=O) groups is 1. The van der Waals surface area contributed by atoms with Gasteiger partial charge in [-0.1, -0.05) is 35.6 Å². The Labute approximate surface area is 145 Å². The SMILES string of the molecule is CC(C)(Oc1ccc(Cl)cc1)C(=O)NCC#Cc1ccccc1F. The van der Waals surface area contributed by atoms with E-state index in [0.717, 1.165) is 0 Å². The summed E-state index contributed by atoms with van der Waals surface area (Å²) in [6.07, 6.45) is 0. The second-order valence-corrected chi connectivity index (χ2v) is 5.97. The number of halogens is 2. The van der Waals surface area contributed by atoms with Crippen molar-refractivity contribution in [3.05, 3.63) is 64.9 Å². The van der Waals surface area contributed by atoms with Gasteiger partial charge >= 0.3 is 0 Å². The zero-order chi connectivity index (χ0) is 17.6. The molecule has 0 aliphatic carbocycles. The van der Waals surface area contributed by atoms with Gasteiger partial charge in [0.1, 0.15) is 11.6 Å². The van der Waals surface area contributed by atoms with Crippen molar-refractivity contribution in [3.8, 4) is 17.6 Å². The first-order valence-corrected chi connectivity index (χ1v) is 7.72. The molecule has 0 atom stereocenters. The van der Waals surface area contributed by atoms with E-state index < -0.39 is 5.60 Å². The number of benzene rings is 2. The molecule has 0 heterocycles. The monoisotopic (exact) mass is 345 g/mol. The number of amides is 1. The maximum atomic E-state index is 13.4. The highest BCUT2D eigenvalue weighted by Crippen LogP contribution is 2.20. The molecule has 0 saturated heterocycles. The molecule has 1 N–H and O–H groups in total. The molecule has 0 radical (unpaired) electrons. The largest absolute Gasteiger partial charge is 0.478 e. The van der Waals surface area contributed by atoms with Crippen LogP contribution >= 0.6 is 11.6 Å². The molecule has 1 amide bonds. The summed E-state index contributed by atoms with van der Waals surface area (Å²) in [6, 6.07) is 13.0. The maximum Gasteiger partial charge on any atom is 0.264 e. The Kier molecular flexibility index (Phi) is 5.83. The number of carbonyl (C=O) groups excluding carboxylic acids is 1. The minimum atomic E-state index is -1.08. The van der Waals surface area contributed by atoms with Crippen molar-refractivity contribution in [1.29, 1.82) is 0 Å². The molecule has 0 aromatic heterocycles. The summed E-state index contributed by atoms with van der Waals surface area (Å²) in [5.41, 5.74) is -0.781. The molecule has 0 fully saturated rings. The first-order valence-electron chi connectivity index (χ1n) is 7.35. The van der Waals surface area contributed by atoms with Gasteiger partial charge in [0.25, 0.3) is 5.91 Å². The van der Waals surface area contributed by atoms with Crippen LogP contribution in [0, 0.1) is 17.7 Å². The van der Waals surface area contributed by atoms with Crippen molar-refractivity contribution in [2.24, 2.45) is 0 Å². The topological polar surface area (TPSA) is 38.3 Å². The van der Waals surface area contributed by atoms with Crippen LogP contribution < -0.4 is 10.1 Å². The summed E-state index contributed by atoms with van der Waals surface area (Å²) in [5, 5.41) is 3.25. The number of rotatable bonds is 4. The van der Waals surface area contributed by atoms with E-state index in [-0.39, 0.29) is 18.3 Å². The number of hydrogen-bond acceptors (Lipinski definition) is 2. The molecular formula is C19H17ClFNO2. The molecule has 0 aliphatic heterocycles. The van der Waals surface area contributed by atoms with Crippen LogP contribution in [0.1, 0.15) is 19.4 Å². The molecule has 0 bridgehead atoms. The molecule has 0 saturated carbocycles. The predicted octanol–water partition coefficient (Wildman–Crippen LogP) is 3.80. The molecule has 3 nitrogen and oxygen atoms in total. The van der Waals surface area contributed by atoms with Gasteiger partial charge in [0.15, 0.2) is 5.60 Å². The van der Waals surface area contributed by atoms with Crippen molar-refractivity contribution in [2.75, 3.05) is 6.54 Å². The van der Waals surface area contributed by atoms with Crippen LogP contribution in [-0.2, 0) is 4.79 Å². The van der Waals surface area contributed by atoms with Crippen molar-refractivity contribution >= 4 is 17.5 Å². The highest BCUT2D eigenvalue weighted by atomic mass is 35.5. The molecule has 124 valence electrons. The third kappa shape index (κ3) is 5.00. The fourth-order valence-corrected chi connectivity index (χ4v) is 2.01. The van der Waals surface area contributed by atoms with Crippen LogP contribution in [0.2, 0.25) is 5.02 Å². The van der Waals surface area contributed by atoms with Crippen molar-refractivity contribution in [3.63, 3.8) is 0 Å². The zero-order valence-corrected chi connectivity index (χ0v) is 14.2. The highest BCUT2D eigenvalue weighted by Gasteiger charge is 2.29. The second-order valence-electron chi connectivity index (χ2n) is 5.53. The Hall–Kier alpha value is -2.51. The van der Waals surface area contributed by atoms with Crippen LogP contribution in [0.25, 0.3) is 0 Å². The summed E-state index contributed by atoms with van der Waals surface area (Å²) in [6.45, 7) is 3.41. The lowest BCUT2D eigenvalue weighted by Gasteiger charge is -2.24. The van der Waals surface area contributed by atoms with E-state index >= 15 is 0 Å². The van der Waals surface area contributed by atoms with Gasteiger partial charge in [-0.05, 0) is 50.2 Å². The zero-order valence-electron chi connectivity index (χ0n) is 13.4. The molecule has 0 unspecified atom stereocenters. The molecule has 0 aliphatic rings. The highest BCUT2D eigenvalue weighted by molar-refractivity contribution is 6.30. The summed E-state index contributed by atoms with van der Waals surface area (Å²) < 4.78 is 19.1. The van der Waals surface area contributed by atoms with Gasteiger partial charge in [-0.25, -0.2) is 4.39 Å². The minimum absolute atomic E-state index is 0.0978. The van der Waals surface area contributed by atoms with Crippen LogP contribution in [0.5, 0.6) is 5.75 Å². The molecule has 24 heavy (non-hydrogen) atoms. The number of nitrogens with one attached hydrogen (secondary N) is 1. The van der Waals surface area contributed by atoms with Crippen LogP contribution in [0.15, 0.2) is 48.5 Å². The Morgan fingerprint density at radius 3 is 2.54 bits per heavy atom. The molecule has 2 aromatic rings. The van der Waals surface area contributed by atoms with Gasteiger partial charge in [-0.3, -0.25) is 4.79 Å². The van der Waals surface area contributed by atoms with Gasteiger partial charge < -0.3 is 10.1 Å². The quantitative estimate of drug-likeness (QED) is 0.856. The van der Waals surface area contributed by atoms with E-state index in [2.05, 4.69) is 17.2 Å². The Morgan fingerprint density at radius 2 is 1.88 bits per heavy atom. The predicted molar refractivity (Wildman–Crippen MR) is 92.4 cm³/mol. The van der Waals surface area contributed by atoms with Gasteiger partial charge in [0.05, 0.1) is 12.1 Å². The van der Waals surface area contributed by atoms with Gasteiger partial charge in [-0.2, -0.15) is 0 Å². The lowest BCUT2D eigenvalue weighted by molar-refractivity contribution is -0.133.